The van der Waals surface area contributed by atoms with Gasteiger partial charge in [-0.05, 0) is 49.4 Å². The second-order valence-electron chi connectivity index (χ2n) is 9.62. The number of fused-ring (bicyclic) bond motifs is 1. The molecule has 188 valence electrons. The lowest BCUT2D eigenvalue weighted by Crippen LogP contribution is -2.34. The minimum Gasteiger partial charge on any atom is -0.389 e. The molecule has 1 saturated heterocycles. The number of benzene rings is 2. The molecule has 37 heavy (non-hydrogen) atoms. The van der Waals surface area contributed by atoms with Crippen LogP contribution >= 0.6 is 23.6 Å². The lowest BCUT2D eigenvalue weighted by molar-refractivity contribution is 0.405. The molecule has 9 heteroatoms. The van der Waals surface area contributed by atoms with Crippen LogP contribution in [0.5, 0.6) is 0 Å². The molecule has 6 rings (SSSR count). The highest BCUT2D eigenvalue weighted by Gasteiger charge is 2.24. The van der Waals surface area contributed by atoms with Gasteiger partial charge >= 0.3 is 0 Å². The van der Waals surface area contributed by atoms with Crippen LogP contribution in [0.3, 0.4) is 0 Å². The van der Waals surface area contributed by atoms with Crippen LogP contribution in [0, 0.1) is 6.92 Å². The van der Waals surface area contributed by atoms with Crippen molar-refractivity contribution in [2.75, 3.05) is 18.0 Å². The van der Waals surface area contributed by atoms with E-state index < -0.39 is 0 Å². The summed E-state index contributed by atoms with van der Waals surface area (Å²) in [5.74, 6) is 1.71. The quantitative estimate of drug-likeness (QED) is 0.274. The van der Waals surface area contributed by atoms with Gasteiger partial charge in [-0.25, -0.2) is 9.97 Å². The first kappa shape index (κ1) is 23.8. The van der Waals surface area contributed by atoms with Crippen molar-refractivity contribution in [3.05, 3.63) is 83.0 Å². The summed E-state index contributed by atoms with van der Waals surface area (Å²) in [5.41, 5.74) is 11.8. The number of hydrogen-bond donors (Lipinski definition) is 2. The molecule has 0 radical (unpaired) electrons. The molecule has 1 aliphatic heterocycles. The molecule has 1 fully saturated rings. The van der Waals surface area contributed by atoms with Gasteiger partial charge in [-0.15, -0.1) is 11.3 Å². The molecular weight excluding hydrogens is 498 g/mol. The van der Waals surface area contributed by atoms with Gasteiger partial charge in [-0.2, -0.15) is 5.10 Å². The maximum Gasteiger partial charge on any atom is 0.185 e. The predicted octanol–water partition coefficient (Wildman–Crippen LogP) is 5.45. The fourth-order valence-corrected chi connectivity index (χ4v) is 6.11. The third-order valence-electron chi connectivity index (χ3n) is 7.19. The Bertz CT molecular complexity index is 1540. The first-order chi connectivity index (χ1) is 18.0. The van der Waals surface area contributed by atoms with Gasteiger partial charge in [0.1, 0.15) is 10.8 Å². The maximum atomic E-state index is 5.96. The number of thiazole rings is 1. The third-order valence-corrected chi connectivity index (χ3v) is 8.25. The van der Waals surface area contributed by atoms with Crippen molar-refractivity contribution in [2.24, 2.45) is 5.73 Å². The molecule has 4 heterocycles. The van der Waals surface area contributed by atoms with Crippen LogP contribution in [-0.4, -0.2) is 42.8 Å². The van der Waals surface area contributed by atoms with E-state index in [2.05, 4.69) is 71.5 Å². The zero-order valence-corrected chi connectivity index (χ0v) is 22.4. The highest BCUT2D eigenvalue weighted by molar-refractivity contribution is 7.80. The highest BCUT2D eigenvalue weighted by atomic mass is 32.1. The van der Waals surface area contributed by atoms with E-state index in [0.29, 0.717) is 11.0 Å². The number of nitrogens with zero attached hydrogens (tertiary/aromatic N) is 5. The summed E-state index contributed by atoms with van der Waals surface area (Å²) in [6, 6.07) is 15.5. The molecule has 3 N–H and O–H groups in total. The zero-order valence-electron chi connectivity index (χ0n) is 20.7. The van der Waals surface area contributed by atoms with Crippen molar-refractivity contribution in [3.63, 3.8) is 0 Å². The number of aromatic amines is 1. The average Bonchev–Trinajstić information content (AvgIpc) is 3.68. The number of rotatable bonds is 7. The molecule has 0 amide bonds. The summed E-state index contributed by atoms with van der Waals surface area (Å²) >= 11 is 6.98. The molecule has 0 unspecified atom stereocenters. The molecule has 3 aromatic heterocycles. The Morgan fingerprint density at radius 2 is 2.03 bits per heavy atom. The molecule has 5 aromatic rings. The SMILES string of the molecule is Cc1nc(CCc2ccc3c(-c4cccc(C(N)=S)c4)cn(C4CCN(c5nccs5)CC4)c3c2)n[nH]1. The lowest BCUT2D eigenvalue weighted by Gasteiger charge is -2.33. The van der Waals surface area contributed by atoms with E-state index in [1.807, 2.05) is 25.3 Å². The van der Waals surface area contributed by atoms with Crippen LogP contribution in [0.2, 0.25) is 0 Å². The van der Waals surface area contributed by atoms with Gasteiger partial charge in [0.15, 0.2) is 11.0 Å². The van der Waals surface area contributed by atoms with Gasteiger partial charge in [0.05, 0.1) is 0 Å². The molecule has 7 nitrogen and oxygen atoms in total. The fraction of sp³-hybridized carbons (Fsp3) is 0.286. The van der Waals surface area contributed by atoms with Crippen LogP contribution in [0.1, 0.15) is 41.7 Å². The Labute approximate surface area is 225 Å². The van der Waals surface area contributed by atoms with Crippen LogP contribution < -0.4 is 10.6 Å². The third kappa shape index (κ3) is 4.89. The summed E-state index contributed by atoms with van der Waals surface area (Å²) in [5, 5.41) is 11.7. The van der Waals surface area contributed by atoms with Crippen LogP contribution in [-0.2, 0) is 12.8 Å². The number of piperidine rings is 1. The van der Waals surface area contributed by atoms with E-state index in [4.69, 9.17) is 18.0 Å². The first-order valence-corrected chi connectivity index (χ1v) is 13.9. The van der Waals surface area contributed by atoms with Crippen molar-refractivity contribution in [3.8, 4) is 11.1 Å². The largest absolute Gasteiger partial charge is 0.389 e. The summed E-state index contributed by atoms with van der Waals surface area (Å²) in [4.78, 5) is 11.8. The summed E-state index contributed by atoms with van der Waals surface area (Å²) in [7, 11) is 0. The molecule has 1 aliphatic rings. The van der Waals surface area contributed by atoms with E-state index in [1.165, 1.54) is 22.0 Å². The van der Waals surface area contributed by atoms with Crippen molar-refractivity contribution in [2.45, 2.75) is 38.6 Å². The second kappa shape index (κ2) is 10.1. The fourth-order valence-electron chi connectivity index (χ4n) is 5.29. The van der Waals surface area contributed by atoms with E-state index >= 15 is 0 Å². The number of anilines is 1. The van der Waals surface area contributed by atoms with Gasteiger partial charge < -0.3 is 15.2 Å². The number of nitrogens with two attached hydrogens (primary N) is 1. The molecule has 0 atom stereocenters. The van der Waals surface area contributed by atoms with E-state index in [-0.39, 0.29) is 0 Å². The molecular formula is C28H29N7S2. The zero-order chi connectivity index (χ0) is 25.4. The molecule has 0 spiro atoms. The number of aromatic nitrogens is 5. The lowest BCUT2D eigenvalue weighted by atomic mass is 10.0. The number of nitrogens with one attached hydrogen (secondary N) is 1. The summed E-state index contributed by atoms with van der Waals surface area (Å²) in [6.45, 7) is 3.95. The van der Waals surface area contributed by atoms with Crippen molar-refractivity contribution < 1.29 is 0 Å². The summed E-state index contributed by atoms with van der Waals surface area (Å²) < 4.78 is 2.50. The van der Waals surface area contributed by atoms with Gasteiger partial charge in [-0.1, -0.05) is 42.5 Å². The van der Waals surface area contributed by atoms with Crippen LogP contribution in [0.25, 0.3) is 22.0 Å². The average molecular weight is 528 g/mol. The Morgan fingerprint density at radius 1 is 1.16 bits per heavy atom. The van der Waals surface area contributed by atoms with E-state index in [9.17, 15) is 0 Å². The smallest absolute Gasteiger partial charge is 0.185 e. The summed E-state index contributed by atoms with van der Waals surface area (Å²) in [6.07, 6.45) is 8.08. The molecule has 0 saturated carbocycles. The molecule has 0 bridgehead atoms. The number of H-pyrrole nitrogens is 1. The monoisotopic (exact) mass is 527 g/mol. The van der Waals surface area contributed by atoms with Gasteiger partial charge in [0.25, 0.3) is 0 Å². The van der Waals surface area contributed by atoms with Crippen molar-refractivity contribution in [1.82, 2.24) is 24.7 Å². The Hall–Kier alpha value is -3.56. The van der Waals surface area contributed by atoms with Gasteiger partial charge in [0, 0.05) is 65.4 Å². The van der Waals surface area contributed by atoms with E-state index in [1.54, 1.807) is 11.3 Å². The topological polar surface area (TPSA) is 88.7 Å². The highest BCUT2D eigenvalue weighted by Crippen LogP contribution is 2.37. The number of aryl methyl sites for hydroxylation is 3. The van der Waals surface area contributed by atoms with Crippen LogP contribution in [0.15, 0.2) is 60.2 Å². The van der Waals surface area contributed by atoms with E-state index in [0.717, 1.165) is 66.7 Å². The standard InChI is InChI=1S/C28H29N7S2/c1-18-31-26(33-32-18)8-6-19-5-7-23-24(20-3-2-4-21(16-20)27(29)36)17-35(25(23)15-19)22-9-12-34(13-10-22)28-30-11-14-37-28/h2-5,7,11,14-17,22H,6,8-10,12-13H2,1H3,(H2,29,36)(H,31,32,33). The van der Waals surface area contributed by atoms with Gasteiger partial charge in [0.2, 0.25) is 0 Å². The Kier molecular flexibility index (Phi) is 6.48. The molecule has 0 aliphatic carbocycles. The second-order valence-corrected chi connectivity index (χ2v) is 10.9. The van der Waals surface area contributed by atoms with Gasteiger partial charge in [-0.3, -0.25) is 5.10 Å². The minimum absolute atomic E-state index is 0.421. The van der Waals surface area contributed by atoms with Crippen molar-refractivity contribution >= 4 is 44.6 Å². The predicted molar refractivity (Wildman–Crippen MR) is 154 cm³/mol. The normalized spacial score (nSPS) is 14.5. The number of thiocarbonyl (C=S) groups is 1. The number of hydrogen-bond acceptors (Lipinski definition) is 6. The minimum atomic E-state index is 0.421. The Balaban J connectivity index is 1.35. The first-order valence-electron chi connectivity index (χ1n) is 12.6. The maximum absolute atomic E-state index is 5.96. The van der Waals surface area contributed by atoms with Crippen molar-refractivity contribution in [1.29, 1.82) is 0 Å². The molecule has 2 aromatic carbocycles. The Morgan fingerprint density at radius 3 is 2.76 bits per heavy atom. The van der Waals surface area contributed by atoms with Crippen LogP contribution in [0.4, 0.5) is 5.13 Å².